The number of carbonyl (C=O) groups is 1. The topological polar surface area (TPSA) is 99.3 Å². The highest BCUT2D eigenvalue weighted by molar-refractivity contribution is 6.01. The fourth-order valence-electron chi connectivity index (χ4n) is 5.46. The number of aromatic nitrogens is 5. The largest absolute Gasteiger partial charge is 0.352 e. The third-order valence-corrected chi connectivity index (χ3v) is 7.54. The third-order valence-electron chi connectivity index (χ3n) is 7.54. The lowest BCUT2D eigenvalue weighted by atomic mass is 10.0. The fourth-order valence-corrected chi connectivity index (χ4v) is 5.46. The standard InChI is InChI=1S/C35H28N6O/c1-22-7-8-25(17-27(15-22)38-34(42)16-23-5-3-2-4-6-23)26-9-10-31-29(18-26)35(41-40-31)32-19-28-30(20-37-21-33(28)39-32)24-11-13-36-14-12-24/h2-6,8-15,17-21,39H,7,16H2,1H3,(H,38,42)(H,40,41). The molecule has 0 bridgehead atoms. The first-order valence-corrected chi connectivity index (χ1v) is 13.9. The lowest BCUT2D eigenvalue weighted by Crippen LogP contribution is -2.23. The van der Waals surface area contributed by atoms with Crippen LogP contribution in [0.25, 0.3) is 49.9 Å². The SMILES string of the molecule is CC1=CC(NC(=O)Cc2ccccc2)=CC(c2ccc3[nH]nc(-c4cc5c(-c6ccncc6)cncc5[nH]4)c3c2)=CC1. The van der Waals surface area contributed by atoms with E-state index < -0.39 is 0 Å². The van der Waals surface area contributed by atoms with E-state index in [-0.39, 0.29) is 5.91 Å². The Balaban J connectivity index is 1.22. The van der Waals surface area contributed by atoms with E-state index in [1.807, 2.05) is 60.9 Å². The summed E-state index contributed by atoms with van der Waals surface area (Å²) in [6.45, 7) is 2.08. The molecule has 3 N–H and O–H groups in total. The Hall–Kier alpha value is -5.56. The van der Waals surface area contributed by atoms with Crippen LogP contribution in [0.2, 0.25) is 0 Å². The van der Waals surface area contributed by atoms with Crippen LogP contribution in [0.1, 0.15) is 24.5 Å². The van der Waals surface area contributed by atoms with E-state index >= 15 is 0 Å². The Labute approximate surface area is 242 Å². The van der Waals surface area contributed by atoms with E-state index in [1.54, 1.807) is 12.4 Å². The van der Waals surface area contributed by atoms with Crippen LogP contribution in [0.3, 0.4) is 0 Å². The molecule has 6 aromatic rings. The summed E-state index contributed by atoms with van der Waals surface area (Å²) in [4.78, 5) is 25.0. The average Bonchev–Trinajstić information content (AvgIpc) is 3.59. The number of aromatic amines is 2. The van der Waals surface area contributed by atoms with Gasteiger partial charge >= 0.3 is 0 Å². The van der Waals surface area contributed by atoms with Gasteiger partial charge in [-0.1, -0.05) is 48.0 Å². The molecule has 0 aliphatic heterocycles. The molecule has 1 aliphatic rings. The van der Waals surface area contributed by atoms with Crippen molar-refractivity contribution in [3.8, 4) is 22.5 Å². The maximum atomic E-state index is 12.8. The molecule has 0 spiro atoms. The maximum Gasteiger partial charge on any atom is 0.228 e. The van der Waals surface area contributed by atoms with Gasteiger partial charge in [0.1, 0.15) is 5.69 Å². The molecule has 1 amide bonds. The smallest absolute Gasteiger partial charge is 0.228 e. The van der Waals surface area contributed by atoms with Crippen LogP contribution in [0.15, 0.2) is 121 Å². The van der Waals surface area contributed by atoms with Crippen molar-refractivity contribution in [3.05, 3.63) is 132 Å². The van der Waals surface area contributed by atoms with Gasteiger partial charge < -0.3 is 10.3 Å². The predicted molar refractivity (Wildman–Crippen MR) is 167 cm³/mol. The zero-order valence-electron chi connectivity index (χ0n) is 23.1. The van der Waals surface area contributed by atoms with E-state index in [4.69, 9.17) is 0 Å². The van der Waals surface area contributed by atoms with Crippen molar-refractivity contribution in [2.75, 3.05) is 0 Å². The van der Waals surface area contributed by atoms with E-state index in [2.05, 4.69) is 73.8 Å². The summed E-state index contributed by atoms with van der Waals surface area (Å²) >= 11 is 0. The lowest BCUT2D eigenvalue weighted by Gasteiger charge is -2.08. The molecule has 1 aliphatic carbocycles. The number of pyridine rings is 2. The van der Waals surface area contributed by atoms with Crippen LogP contribution in [0, 0.1) is 0 Å². The molecule has 0 radical (unpaired) electrons. The van der Waals surface area contributed by atoms with Crippen molar-refractivity contribution in [2.24, 2.45) is 0 Å². The molecular weight excluding hydrogens is 520 g/mol. The molecule has 0 saturated carbocycles. The van der Waals surface area contributed by atoms with Crippen molar-refractivity contribution < 1.29 is 4.79 Å². The normalized spacial score (nSPS) is 13.4. The van der Waals surface area contributed by atoms with Crippen LogP contribution in [-0.2, 0) is 11.2 Å². The monoisotopic (exact) mass is 548 g/mol. The van der Waals surface area contributed by atoms with Gasteiger partial charge in [-0.05, 0) is 78.1 Å². The second kappa shape index (κ2) is 10.8. The van der Waals surface area contributed by atoms with Gasteiger partial charge in [-0.2, -0.15) is 5.10 Å². The van der Waals surface area contributed by atoms with Gasteiger partial charge in [0.05, 0.1) is 29.3 Å². The number of nitrogens with one attached hydrogen (secondary N) is 3. The van der Waals surface area contributed by atoms with E-state index in [9.17, 15) is 4.79 Å². The summed E-state index contributed by atoms with van der Waals surface area (Å²) < 4.78 is 0. The minimum absolute atomic E-state index is 0.0373. The molecule has 7 rings (SSSR count). The van der Waals surface area contributed by atoms with Crippen LogP contribution >= 0.6 is 0 Å². The van der Waals surface area contributed by atoms with Gasteiger partial charge in [-0.15, -0.1) is 0 Å². The first-order valence-electron chi connectivity index (χ1n) is 13.9. The van der Waals surface area contributed by atoms with Gasteiger partial charge in [0.2, 0.25) is 5.91 Å². The number of hydrogen-bond donors (Lipinski definition) is 3. The van der Waals surface area contributed by atoms with Gasteiger partial charge in [-0.25, -0.2) is 0 Å². The Morgan fingerprint density at radius 2 is 1.74 bits per heavy atom. The number of benzene rings is 2. The summed E-state index contributed by atoms with van der Waals surface area (Å²) in [5.41, 5.74) is 10.8. The number of amides is 1. The number of carbonyl (C=O) groups excluding carboxylic acids is 1. The fraction of sp³-hybridized carbons (Fsp3) is 0.0857. The van der Waals surface area contributed by atoms with Crippen LogP contribution in [0.5, 0.6) is 0 Å². The van der Waals surface area contributed by atoms with Crippen molar-refractivity contribution in [3.63, 3.8) is 0 Å². The molecule has 0 atom stereocenters. The van der Waals surface area contributed by atoms with Gasteiger partial charge in [0.25, 0.3) is 0 Å². The van der Waals surface area contributed by atoms with Crippen molar-refractivity contribution in [1.29, 1.82) is 0 Å². The second-order valence-electron chi connectivity index (χ2n) is 10.6. The molecule has 0 unspecified atom stereocenters. The average molecular weight is 549 g/mol. The second-order valence-corrected chi connectivity index (χ2v) is 10.6. The minimum Gasteiger partial charge on any atom is -0.352 e. The number of H-pyrrole nitrogens is 2. The van der Waals surface area contributed by atoms with Crippen LogP contribution in [-0.4, -0.2) is 31.1 Å². The molecule has 7 nitrogen and oxygen atoms in total. The number of hydrogen-bond acceptors (Lipinski definition) is 4. The predicted octanol–water partition coefficient (Wildman–Crippen LogP) is 7.14. The molecule has 0 fully saturated rings. The molecule has 4 aromatic heterocycles. The van der Waals surface area contributed by atoms with E-state index in [0.29, 0.717) is 6.42 Å². The highest BCUT2D eigenvalue weighted by Crippen LogP contribution is 2.34. The van der Waals surface area contributed by atoms with E-state index in [1.165, 1.54) is 5.57 Å². The first kappa shape index (κ1) is 25.4. The van der Waals surface area contributed by atoms with Gasteiger partial charge in [0, 0.05) is 40.6 Å². The van der Waals surface area contributed by atoms with Gasteiger partial charge in [0.15, 0.2) is 0 Å². The summed E-state index contributed by atoms with van der Waals surface area (Å²) in [6.07, 6.45) is 14.7. The van der Waals surface area contributed by atoms with Gasteiger partial charge in [-0.3, -0.25) is 19.9 Å². The highest BCUT2D eigenvalue weighted by atomic mass is 16.1. The lowest BCUT2D eigenvalue weighted by molar-refractivity contribution is -0.119. The number of nitrogens with zero attached hydrogens (tertiary/aromatic N) is 3. The third kappa shape index (κ3) is 5.04. The molecule has 4 heterocycles. The molecule has 204 valence electrons. The molecule has 0 saturated heterocycles. The zero-order chi connectivity index (χ0) is 28.5. The van der Waals surface area contributed by atoms with Crippen molar-refractivity contribution in [2.45, 2.75) is 19.8 Å². The summed E-state index contributed by atoms with van der Waals surface area (Å²) in [5, 5.41) is 13.1. The summed E-state index contributed by atoms with van der Waals surface area (Å²) in [6, 6.07) is 22.2. The van der Waals surface area contributed by atoms with Crippen molar-refractivity contribution in [1.82, 2.24) is 30.5 Å². The number of rotatable bonds is 6. The molecule has 42 heavy (non-hydrogen) atoms. The molecule has 7 heteroatoms. The molecule has 2 aromatic carbocycles. The van der Waals surface area contributed by atoms with E-state index in [0.717, 1.165) is 73.1 Å². The highest BCUT2D eigenvalue weighted by Gasteiger charge is 2.16. The Morgan fingerprint density at radius 3 is 2.60 bits per heavy atom. The van der Waals surface area contributed by atoms with Crippen molar-refractivity contribution >= 4 is 33.3 Å². The summed E-state index contributed by atoms with van der Waals surface area (Å²) in [5.74, 6) is -0.0373. The Bertz CT molecular complexity index is 2030. The summed E-state index contributed by atoms with van der Waals surface area (Å²) in [7, 11) is 0. The van der Waals surface area contributed by atoms with Crippen LogP contribution < -0.4 is 5.32 Å². The first-order chi connectivity index (χ1) is 20.6. The zero-order valence-corrected chi connectivity index (χ0v) is 23.1. The molecular formula is C35H28N6O. The number of allylic oxidation sites excluding steroid dienone is 5. The Morgan fingerprint density at radius 1 is 0.881 bits per heavy atom. The maximum absolute atomic E-state index is 12.8. The minimum atomic E-state index is -0.0373. The quantitative estimate of drug-likeness (QED) is 0.206. The number of fused-ring (bicyclic) bond motifs is 2. The Kier molecular flexibility index (Phi) is 6.52. The van der Waals surface area contributed by atoms with Crippen LogP contribution in [0.4, 0.5) is 0 Å².